The first kappa shape index (κ1) is 13.2. The summed E-state index contributed by atoms with van der Waals surface area (Å²) in [6.45, 7) is 5.03. The number of phenolic OH excluding ortho intramolecular Hbond substituents is 1. The molecule has 18 heavy (non-hydrogen) atoms. The summed E-state index contributed by atoms with van der Waals surface area (Å²) in [4.78, 5) is 12.0. The average molecular weight is 268 g/mol. The van der Waals surface area contributed by atoms with Gasteiger partial charge in [-0.15, -0.1) is 0 Å². The van der Waals surface area contributed by atoms with Gasteiger partial charge in [0, 0.05) is 11.6 Å². The van der Waals surface area contributed by atoms with Crippen LogP contribution in [0.3, 0.4) is 0 Å². The van der Waals surface area contributed by atoms with E-state index >= 15 is 0 Å². The van der Waals surface area contributed by atoms with E-state index in [9.17, 15) is 9.90 Å². The molecule has 1 aliphatic rings. The maximum atomic E-state index is 12.0. The molecule has 0 unspecified atom stereocenters. The molecular formula is C14H18ClNO2. The van der Waals surface area contributed by atoms with Crippen molar-refractivity contribution >= 4 is 17.5 Å². The molecule has 0 heterocycles. The summed E-state index contributed by atoms with van der Waals surface area (Å²) >= 11 is 5.73. The average Bonchev–Trinajstić information content (AvgIpc) is 3.07. The summed E-state index contributed by atoms with van der Waals surface area (Å²) in [7, 11) is 0. The SMILES string of the molecule is CC(C)C1(CNC(=O)c2ccc(Cl)cc2O)CC1. The van der Waals surface area contributed by atoms with Crippen molar-refractivity contribution in [3.05, 3.63) is 28.8 Å². The van der Waals surface area contributed by atoms with Crippen molar-refractivity contribution in [1.82, 2.24) is 5.32 Å². The summed E-state index contributed by atoms with van der Waals surface area (Å²) in [5, 5.41) is 13.0. The predicted octanol–water partition coefficient (Wildman–Crippen LogP) is 3.21. The summed E-state index contributed by atoms with van der Waals surface area (Å²) in [6.07, 6.45) is 2.33. The summed E-state index contributed by atoms with van der Waals surface area (Å²) in [5.74, 6) is 0.252. The third-order valence-corrected chi connectivity index (χ3v) is 4.16. The summed E-state index contributed by atoms with van der Waals surface area (Å²) in [5.41, 5.74) is 0.538. The molecule has 3 nitrogen and oxygen atoms in total. The van der Waals surface area contributed by atoms with Crippen LogP contribution in [0.25, 0.3) is 0 Å². The monoisotopic (exact) mass is 267 g/mol. The molecule has 1 fully saturated rings. The van der Waals surface area contributed by atoms with Gasteiger partial charge in [-0.3, -0.25) is 4.79 Å². The normalized spacial score (nSPS) is 16.7. The van der Waals surface area contributed by atoms with Crippen LogP contribution in [0.4, 0.5) is 0 Å². The standard InChI is InChI=1S/C14H18ClNO2/c1-9(2)14(5-6-14)8-16-13(18)11-4-3-10(15)7-12(11)17/h3-4,7,9,17H,5-6,8H2,1-2H3,(H,16,18). The Balaban J connectivity index is 2.00. The minimum atomic E-state index is -0.240. The highest BCUT2D eigenvalue weighted by molar-refractivity contribution is 6.30. The van der Waals surface area contributed by atoms with Crippen LogP contribution in [0.5, 0.6) is 5.75 Å². The van der Waals surface area contributed by atoms with Crippen molar-refractivity contribution in [2.45, 2.75) is 26.7 Å². The number of aromatic hydroxyl groups is 1. The number of amides is 1. The van der Waals surface area contributed by atoms with Crippen molar-refractivity contribution in [3.8, 4) is 5.75 Å². The van der Waals surface area contributed by atoms with Crippen LogP contribution in [0, 0.1) is 11.3 Å². The molecule has 0 aromatic heterocycles. The first-order valence-corrected chi connectivity index (χ1v) is 6.59. The number of hydrogen-bond acceptors (Lipinski definition) is 2. The number of rotatable bonds is 4. The molecule has 1 aromatic rings. The molecule has 1 aromatic carbocycles. The Morgan fingerprint density at radius 2 is 2.17 bits per heavy atom. The molecule has 0 spiro atoms. The van der Waals surface area contributed by atoms with E-state index in [1.54, 1.807) is 12.1 Å². The Hall–Kier alpha value is -1.22. The van der Waals surface area contributed by atoms with Crippen LogP contribution in [0.2, 0.25) is 5.02 Å². The lowest BCUT2D eigenvalue weighted by Crippen LogP contribution is -2.32. The molecule has 0 saturated heterocycles. The second-order valence-corrected chi connectivity index (χ2v) is 5.80. The molecule has 0 atom stereocenters. The van der Waals surface area contributed by atoms with E-state index in [1.807, 2.05) is 0 Å². The fraction of sp³-hybridized carbons (Fsp3) is 0.500. The van der Waals surface area contributed by atoms with Gasteiger partial charge in [-0.1, -0.05) is 25.4 Å². The second kappa shape index (κ2) is 4.81. The molecular weight excluding hydrogens is 250 g/mol. The van der Waals surface area contributed by atoms with E-state index in [0.29, 0.717) is 17.5 Å². The first-order valence-electron chi connectivity index (χ1n) is 6.21. The van der Waals surface area contributed by atoms with Crippen LogP contribution >= 0.6 is 11.6 Å². The molecule has 2 N–H and O–H groups in total. The molecule has 0 radical (unpaired) electrons. The Bertz CT molecular complexity index is 467. The van der Waals surface area contributed by atoms with Crippen molar-refractivity contribution < 1.29 is 9.90 Å². The van der Waals surface area contributed by atoms with E-state index in [4.69, 9.17) is 11.6 Å². The zero-order valence-corrected chi connectivity index (χ0v) is 11.4. The predicted molar refractivity (Wildman–Crippen MR) is 72.0 cm³/mol. The number of carbonyl (C=O) groups is 1. The van der Waals surface area contributed by atoms with E-state index in [0.717, 1.165) is 12.8 Å². The molecule has 98 valence electrons. The lowest BCUT2D eigenvalue weighted by Gasteiger charge is -2.20. The second-order valence-electron chi connectivity index (χ2n) is 5.36. The highest BCUT2D eigenvalue weighted by Crippen LogP contribution is 2.51. The van der Waals surface area contributed by atoms with Gasteiger partial charge >= 0.3 is 0 Å². The quantitative estimate of drug-likeness (QED) is 0.880. The maximum absolute atomic E-state index is 12.0. The molecule has 2 rings (SSSR count). The van der Waals surface area contributed by atoms with Gasteiger partial charge in [-0.25, -0.2) is 0 Å². The zero-order chi connectivity index (χ0) is 13.3. The Kier molecular flexibility index (Phi) is 3.53. The number of halogens is 1. The highest BCUT2D eigenvalue weighted by Gasteiger charge is 2.45. The smallest absolute Gasteiger partial charge is 0.255 e. The maximum Gasteiger partial charge on any atom is 0.255 e. The third kappa shape index (κ3) is 2.61. The van der Waals surface area contributed by atoms with Gasteiger partial charge in [-0.05, 0) is 42.4 Å². The van der Waals surface area contributed by atoms with Crippen molar-refractivity contribution in [2.24, 2.45) is 11.3 Å². The molecule has 4 heteroatoms. The van der Waals surface area contributed by atoms with Gasteiger partial charge < -0.3 is 10.4 Å². The van der Waals surface area contributed by atoms with Gasteiger partial charge in [0.1, 0.15) is 5.75 Å². The van der Waals surface area contributed by atoms with Crippen molar-refractivity contribution in [2.75, 3.05) is 6.54 Å². The van der Waals surface area contributed by atoms with E-state index in [1.165, 1.54) is 6.07 Å². The van der Waals surface area contributed by atoms with Crippen LogP contribution in [-0.2, 0) is 0 Å². The Morgan fingerprint density at radius 1 is 1.50 bits per heavy atom. The van der Waals surface area contributed by atoms with Gasteiger partial charge in [0.15, 0.2) is 0 Å². The van der Waals surface area contributed by atoms with Crippen LogP contribution in [-0.4, -0.2) is 17.6 Å². The van der Waals surface area contributed by atoms with Gasteiger partial charge in [0.2, 0.25) is 0 Å². The van der Waals surface area contributed by atoms with Gasteiger partial charge in [0.25, 0.3) is 5.91 Å². The van der Waals surface area contributed by atoms with Gasteiger partial charge in [-0.2, -0.15) is 0 Å². The first-order chi connectivity index (χ1) is 8.44. The summed E-state index contributed by atoms with van der Waals surface area (Å²) in [6, 6.07) is 4.53. The molecule has 1 saturated carbocycles. The van der Waals surface area contributed by atoms with Crippen molar-refractivity contribution in [3.63, 3.8) is 0 Å². The van der Waals surface area contributed by atoms with E-state index < -0.39 is 0 Å². The molecule has 0 bridgehead atoms. The number of benzene rings is 1. The van der Waals surface area contributed by atoms with Crippen LogP contribution < -0.4 is 5.32 Å². The minimum absolute atomic E-state index is 0.0746. The highest BCUT2D eigenvalue weighted by atomic mass is 35.5. The van der Waals surface area contributed by atoms with Gasteiger partial charge in [0.05, 0.1) is 5.56 Å². The summed E-state index contributed by atoms with van der Waals surface area (Å²) < 4.78 is 0. The fourth-order valence-electron chi connectivity index (χ4n) is 2.17. The Labute approximate surface area is 112 Å². The number of carbonyl (C=O) groups excluding carboxylic acids is 1. The third-order valence-electron chi connectivity index (χ3n) is 3.92. The van der Waals surface area contributed by atoms with E-state index in [-0.39, 0.29) is 22.6 Å². The molecule has 1 aliphatic carbocycles. The largest absolute Gasteiger partial charge is 0.507 e. The number of phenols is 1. The number of nitrogens with one attached hydrogen (secondary N) is 1. The molecule has 0 aliphatic heterocycles. The van der Waals surface area contributed by atoms with E-state index in [2.05, 4.69) is 19.2 Å². The fourth-order valence-corrected chi connectivity index (χ4v) is 2.33. The van der Waals surface area contributed by atoms with Crippen LogP contribution in [0.15, 0.2) is 18.2 Å². The molecule has 1 amide bonds. The topological polar surface area (TPSA) is 49.3 Å². The Morgan fingerprint density at radius 3 is 2.67 bits per heavy atom. The van der Waals surface area contributed by atoms with Crippen molar-refractivity contribution in [1.29, 1.82) is 0 Å². The minimum Gasteiger partial charge on any atom is -0.507 e. The van der Waals surface area contributed by atoms with Crippen LogP contribution in [0.1, 0.15) is 37.0 Å². The lowest BCUT2D eigenvalue weighted by molar-refractivity contribution is 0.0937. The lowest BCUT2D eigenvalue weighted by atomic mass is 9.92. The zero-order valence-electron chi connectivity index (χ0n) is 10.7. The number of hydrogen-bond donors (Lipinski definition) is 2.